The van der Waals surface area contributed by atoms with E-state index in [1.54, 1.807) is 19.9 Å². The molecule has 0 saturated carbocycles. The first-order valence-electron chi connectivity index (χ1n) is 11.4. The van der Waals surface area contributed by atoms with Gasteiger partial charge in [0.1, 0.15) is 18.1 Å². The lowest BCUT2D eigenvalue weighted by atomic mass is 10.0. The predicted molar refractivity (Wildman–Crippen MR) is 132 cm³/mol. The quantitative estimate of drug-likeness (QED) is 0.489. The Morgan fingerprint density at radius 2 is 2.00 bits per heavy atom. The van der Waals surface area contributed by atoms with E-state index in [0.29, 0.717) is 66.6 Å². The van der Waals surface area contributed by atoms with Crippen molar-refractivity contribution in [3.05, 3.63) is 65.8 Å². The summed E-state index contributed by atoms with van der Waals surface area (Å²) in [6.45, 7) is 9.82. The first kappa shape index (κ1) is 27.8. The molecule has 37 heavy (non-hydrogen) atoms. The molecule has 0 aliphatic carbocycles. The number of allylic oxidation sites excluding steroid dienone is 2. The Balaban J connectivity index is 1.76. The number of nitrogens with one attached hydrogen (secondary N) is 1. The van der Waals surface area contributed by atoms with E-state index in [9.17, 15) is 18.0 Å². The van der Waals surface area contributed by atoms with Crippen LogP contribution in [0.1, 0.15) is 35.5 Å². The Morgan fingerprint density at radius 3 is 2.68 bits per heavy atom. The van der Waals surface area contributed by atoms with Crippen LogP contribution in [0.25, 0.3) is 5.57 Å². The second kappa shape index (κ2) is 12.5. The number of aliphatic hydroxyl groups excluding tert-OH is 1. The van der Waals surface area contributed by atoms with Gasteiger partial charge in [-0.3, -0.25) is 14.8 Å². The van der Waals surface area contributed by atoms with E-state index in [1.807, 2.05) is 6.07 Å². The van der Waals surface area contributed by atoms with Crippen molar-refractivity contribution in [2.45, 2.75) is 20.0 Å². The van der Waals surface area contributed by atoms with Crippen LogP contribution in [-0.2, 0) is 10.9 Å². The van der Waals surface area contributed by atoms with Gasteiger partial charge in [-0.05, 0) is 43.2 Å². The third-order valence-corrected chi connectivity index (χ3v) is 5.32. The second-order valence-electron chi connectivity index (χ2n) is 8.11. The zero-order chi connectivity index (χ0) is 27.0. The minimum absolute atomic E-state index is 0.0854. The van der Waals surface area contributed by atoms with Gasteiger partial charge in [0.2, 0.25) is 5.88 Å². The topological polar surface area (TPSA) is 109 Å². The number of aliphatic imine (C=N–C) groups is 1. The number of anilines is 1. The number of morpholine rings is 1. The van der Waals surface area contributed by atoms with Gasteiger partial charge in [-0.2, -0.15) is 18.2 Å². The summed E-state index contributed by atoms with van der Waals surface area (Å²) in [6.07, 6.45) is -2.33. The summed E-state index contributed by atoms with van der Waals surface area (Å²) in [7, 11) is 0. The van der Waals surface area contributed by atoms with Gasteiger partial charge in [-0.15, -0.1) is 0 Å². The third kappa shape index (κ3) is 7.86. The summed E-state index contributed by atoms with van der Waals surface area (Å²) in [4.78, 5) is 26.6. The Bertz CT molecular complexity index is 1190. The average molecular weight is 520 g/mol. The number of aromatic nitrogens is 2. The number of hydrogen-bond donors (Lipinski definition) is 2. The second-order valence-corrected chi connectivity index (χ2v) is 8.11. The summed E-state index contributed by atoms with van der Waals surface area (Å²) in [5.41, 5.74) is 0.802. The minimum Gasteiger partial charge on any atom is -0.475 e. The molecule has 3 rings (SSSR count). The van der Waals surface area contributed by atoms with Crippen molar-refractivity contribution < 1.29 is 32.5 Å². The molecule has 0 aromatic carbocycles. The molecular weight excluding hydrogens is 491 g/mol. The smallest absolute Gasteiger partial charge is 0.433 e. The van der Waals surface area contributed by atoms with Gasteiger partial charge >= 0.3 is 6.18 Å². The Morgan fingerprint density at radius 1 is 1.27 bits per heavy atom. The first-order valence-corrected chi connectivity index (χ1v) is 11.4. The lowest BCUT2D eigenvalue weighted by Crippen LogP contribution is -2.36. The number of alkyl halides is 3. The molecule has 0 atom stereocenters. The highest BCUT2D eigenvalue weighted by Crippen LogP contribution is 2.28. The summed E-state index contributed by atoms with van der Waals surface area (Å²) < 4.78 is 49.6. The normalized spacial score (nSPS) is 14.9. The van der Waals surface area contributed by atoms with Crippen LogP contribution in [0.3, 0.4) is 0 Å². The van der Waals surface area contributed by atoms with E-state index in [2.05, 4.69) is 31.8 Å². The largest absolute Gasteiger partial charge is 0.475 e. The fourth-order valence-electron chi connectivity index (χ4n) is 3.33. The monoisotopic (exact) mass is 519 g/mol. The van der Waals surface area contributed by atoms with Gasteiger partial charge in [0.05, 0.1) is 19.8 Å². The molecule has 2 aromatic rings. The third-order valence-electron chi connectivity index (χ3n) is 5.32. The number of carbonyl (C=O) groups is 1. The van der Waals surface area contributed by atoms with Gasteiger partial charge in [0.25, 0.3) is 5.91 Å². The number of halogens is 3. The summed E-state index contributed by atoms with van der Waals surface area (Å²) in [5.74, 6) is 0.289. The van der Waals surface area contributed by atoms with Crippen LogP contribution in [-0.4, -0.2) is 66.2 Å². The maximum Gasteiger partial charge on any atom is 0.433 e. The molecule has 0 radical (unpaired) electrons. The molecule has 0 unspecified atom stereocenters. The van der Waals surface area contributed by atoms with Crippen LogP contribution in [0, 0.1) is 0 Å². The van der Waals surface area contributed by atoms with Crippen molar-refractivity contribution in [2.24, 2.45) is 4.99 Å². The number of pyridine rings is 2. The minimum atomic E-state index is -4.65. The van der Waals surface area contributed by atoms with E-state index in [0.717, 1.165) is 6.20 Å². The van der Waals surface area contributed by atoms with E-state index >= 15 is 0 Å². The molecule has 1 aliphatic heterocycles. The molecule has 0 bridgehead atoms. The van der Waals surface area contributed by atoms with E-state index in [1.165, 1.54) is 12.3 Å². The highest BCUT2D eigenvalue weighted by molar-refractivity contribution is 6.22. The molecule has 1 fully saturated rings. The molecule has 198 valence electrons. The standard InChI is InChI=1S/C25H28F3N5O4/c1-16(31-24(35)19-4-5-29-21(12-19)25(26,27)28)15-30-18(3)17(2)20-13-22(33-6-9-36-10-7-33)32-23(14-20)37-11-8-34/h4-5,12-15,34H,2,6-11H2,1,3H3,(H,31,35)/b16-15+,30-18-. The van der Waals surface area contributed by atoms with Crippen LogP contribution >= 0.6 is 0 Å². The molecular formula is C25H28F3N5O4. The molecule has 2 N–H and O–H groups in total. The van der Waals surface area contributed by atoms with Gasteiger partial charge < -0.3 is 24.8 Å². The van der Waals surface area contributed by atoms with Crippen molar-refractivity contribution in [3.8, 4) is 5.88 Å². The maximum atomic E-state index is 12.9. The molecule has 9 nitrogen and oxygen atoms in total. The molecule has 12 heteroatoms. The Kier molecular flexibility index (Phi) is 9.36. The molecule has 1 aliphatic rings. The summed E-state index contributed by atoms with van der Waals surface area (Å²) in [6, 6.07) is 5.44. The highest BCUT2D eigenvalue weighted by Gasteiger charge is 2.33. The molecule has 3 heterocycles. The van der Waals surface area contributed by atoms with Gasteiger partial charge in [0.15, 0.2) is 0 Å². The van der Waals surface area contributed by atoms with E-state index in [-0.39, 0.29) is 18.8 Å². The van der Waals surface area contributed by atoms with Crippen LogP contribution in [0.5, 0.6) is 5.88 Å². The van der Waals surface area contributed by atoms with Crippen molar-refractivity contribution >= 4 is 23.0 Å². The van der Waals surface area contributed by atoms with E-state index in [4.69, 9.17) is 14.6 Å². The Hall–Kier alpha value is -3.77. The van der Waals surface area contributed by atoms with Gasteiger partial charge in [-0.25, -0.2) is 0 Å². The van der Waals surface area contributed by atoms with Crippen LogP contribution in [0.15, 0.2) is 53.9 Å². The summed E-state index contributed by atoms with van der Waals surface area (Å²) >= 11 is 0. The number of carbonyl (C=O) groups excluding carboxylic acids is 1. The van der Waals surface area contributed by atoms with Crippen LogP contribution in [0.4, 0.5) is 19.0 Å². The van der Waals surface area contributed by atoms with E-state index < -0.39 is 17.8 Å². The predicted octanol–water partition coefficient (Wildman–Crippen LogP) is 3.47. The number of nitrogens with zero attached hydrogens (tertiary/aromatic N) is 4. The molecule has 2 aromatic heterocycles. The number of hydrogen-bond acceptors (Lipinski definition) is 8. The number of rotatable bonds is 9. The summed E-state index contributed by atoms with van der Waals surface area (Å²) in [5, 5.41) is 11.6. The van der Waals surface area contributed by atoms with Crippen LogP contribution in [0.2, 0.25) is 0 Å². The van der Waals surface area contributed by atoms with Crippen molar-refractivity contribution in [1.82, 2.24) is 15.3 Å². The Labute approximate surface area is 212 Å². The van der Waals surface area contributed by atoms with Gasteiger partial charge in [0, 0.05) is 48.5 Å². The zero-order valence-electron chi connectivity index (χ0n) is 20.5. The number of amides is 1. The SMILES string of the molecule is C=C(/C(C)=N\C=C(/C)NC(=O)c1ccnc(C(F)(F)F)c1)c1cc(OCCO)nc(N2CCOCC2)c1. The van der Waals surface area contributed by atoms with Crippen molar-refractivity contribution in [2.75, 3.05) is 44.4 Å². The lowest BCUT2D eigenvalue weighted by Gasteiger charge is -2.28. The first-order chi connectivity index (χ1) is 17.6. The highest BCUT2D eigenvalue weighted by atomic mass is 19.4. The van der Waals surface area contributed by atoms with Crippen molar-refractivity contribution in [1.29, 1.82) is 0 Å². The fourth-order valence-corrected chi connectivity index (χ4v) is 3.33. The molecule has 1 amide bonds. The number of aliphatic hydroxyl groups is 1. The average Bonchev–Trinajstić information content (AvgIpc) is 2.90. The zero-order valence-corrected chi connectivity index (χ0v) is 20.5. The van der Waals surface area contributed by atoms with Crippen LogP contribution < -0.4 is 15.0 Å². The maximum absolute atomic E-state index is 12.9. The lowest BCUT2D eigenvalue weighted by molar-refractivity contribution is -0.141. The fraction of sp³-hybridized carbons (Fsp3) is 0.360. The molecule has 1 saturated heterocycles. The molecule has 0 spiro atoms. The number of ether oxygens (including phenoxy) is 2. The van der Waals surface area contributed by atoms with Crippen molar-refractivity contribution in [3.63, 3.8) is 0 Å². The van der Waals surface area contributed by atoms with Gasteiger partial charge in [-0.1, -0.05) is 6.58 Å².